The Bertz CT molecular complexity index is 693. The molecule has 1 aliphatic heterocycles. The first-order valence-corrected chi connectivity index (χ1v) is 8.12. The summed E-state index contributed by atoms with van der Waals surface area (Å²) < 4.78 is 13.4. The van der Waals surface area contributed by atoms with Crippen LogP contribution in [0.2, 0.25) is 0 Å². The monoisotopic (exact) mass is 328 g/mol. The fourth-order valence-corrected chi connectivity index (χ4v) is 3.14. The molecule has 2 atom stereocenters. The molecule has 5 heteroatoms. The van der Waals surface area contributed by atoms with E-state index >= 15 is 0 Å². The third-order valence-corrected chi connectivity index (χ3v) is 4.37. The summed E-state index contributed by atoms with van der Waals surface area (Å²) in [6, 6.07) is 15.7. The summed E-state index contributed by atoms with van der Waals surface area (Å²) in [4.78, 5) is 14.0. The van der Waals surface area contributed by atoms with Gasteiger partial charge < -0.3 is 10.4 Å². The number of nitrogens with zero attached hydrogens (tertiary/aromatic N) is 1. The minimum absolute atomic E-state index is 0.00611. The molecule has 2 aromatic rings. The van der Waals surface area contributed by atoms with Gasteiger partial charge in [0.25, 0.3) is 0 Å². The van der Waals surface area contributed by atoms with Crippen LogP contribution in [-0.4, -0.2) is 35.5 Å². The number of amides is 1. The van der Waals surface area contributed by atoms with Crippen LogP contribution in [0.1, 0.15) is 29.7 Å². The van der Waals surface area contributed by atoms with Gasteiger partial charge in [0, 0.05) is 32.1 Å². The Balaban J connectivity index is 1.81. The summed E-state index contributed by atoms with van der Waals surface area (Å²) in [6.45, 7) is 1.52. The standard InChI is InChI=1S/C19H21FN2O2/c20-16-8-4-7-15(11-16)18(23)13-22-10-9-21-19(24)12-17(22)14-5-2-1-3-6-14/h1-8,11,17-18,23H,9-10,12-13H2,(H,21,24)/t17-,18+/m0/s1. The molecule has 0 aliphatic carbocycles. The van der Waals surface area contributed by atoms with Crippen LogP contribution in [0.15, 0.2) is 54.6 Å². The SMILES string of the molecule is O=C1C[C@@H](c2ccccc2)N(C[C@@H](O)c2cccc(F)c2)CCN1. The fraction of sp³-hybridized carbons (Fsp3) is 0.316. The molecule has 2 N–H and O–H groups in total. The number of halogens is 1. The number of hydrogen-bond acceptors (Lipinski definition) is 3. The van der Waals surface area contributed by atoms with E-state index in [4.69, 9.17) is 0 Å². The molecule has 0 radical (unpaired) electrons. The van der Waals surface area contributed by atoms with E-state index in [0.717, 1.165) is 5.56 Å². The Labute approximate surface area is 140 Å². The predicted octanol–water partition coefficient (Wildman–Crippen LogP) is 2.42. The average Bonchev–Trinajstić information content (AvgIpc) is 2.77. The van der Waals surface area contributed by atoms with E-state index in [9.17, 15) is 14.3 Å². The number of carbonyl (C=O) groups excluding carboxylic acids is 1. The van der Waals surface area contributed by atoms with E-state index in [1.807, 2.05) is 30.3 Å². The second-order valence-electron chi connectivity index (χ2n) is 6.05. The number of hydrogen-bond donors (Lipinski definition) is 2. The van der Waals surface area contributed by atoms with Gasteiger partial charge >= 0.3 is 0 Å². The average molecular weight is 328 g/mol. The van der Waals surface area contributed by atoms with E-state index in [0.29, 0.717) is 31.6 Å². The molecule has 3 rings (SSSR count). The highest BCUT2D eigenvalue weighted by Crippen LogP contribution is 2.28. The van der Waals surface area contributed by atoms with Gasteiger partial charge in [-0.15, -0.1) is 0 Å². The first kappa shape index (κ1) is 16.6. The molecular formula is C19H21FN2O2. The molecule has 0 spiro atoms. The molecule has 1 heterocycles. The summed E-state index contributed by atoms with van der Waals surface area (Å²) in [7, 11) is 0. The van der Waals surface area contributed by atoms with Crippen LogP contribution in [0, 0.1) is 5.82 Å². The third-order valence-electron chi connectivity index (χ3n) is 4.37. The van der Waals surface area contributed by atoms with Crippen LogP contribution in [0.4, 0.5) is 4.39 Å². The topological polar surface area (TPSA) is 52.6 Å². The quantitative estimate of drug-likeness (QED) is 0.906. The van der Waals surface area contributed by atoms with Crippen molar-refractivity contribution in [2.45, 2.75) is 18.6 Å². The minimum atomic E-state index is -0.805. The number of rotatable bonds is 4. The Morgan fingerprint density at radius 1 is 1.21 bits per heavy atom. The maximum Gasteiger partial charge on any atom is 0.221 e. The summed E-state index contributed by atoms with van der Waals surface area (Å²) in [6.07, 6.45) is -0.458. The second-order valence-corrected chi connectivity index (χ2v) is 6.05. The second kappa shape index (κ2) is 7.55. The summed E-state index contributed by atoms with van der Waals surface area (Å²) in [5, 5.41) is 13.4. The van der Waals surface area contributed by atoms with E-state index < -0.39 is 6.10 Å². The largest absolute Gasteiger partial charge is 0.387 e. The van der Waals surface area contributed by atoms with Crippen molar-refractivity contribution < 1.29 is 14.3 Å². The molecule has 1 saturated heterocycles. The van der Waals surface area contributed by atoms with Crippen molar-refractivity contribution in [1.82, 2.24) is 10.2 Å². The Morgan fingerprint density at radius 3 is 2.75 bits per heavy atom. The zero-order chi connectivity index (χ0) is 16.9. The van der Waals surface area contributed by atoms with E-state index in [1.165, 1.54) is 12.1 Å². The molecule has 1 fully saturated rings. The van der Waals surface area contributed by atoms with Gasteiger partial charge in [0.2, 0.25) is 5.91 Å². The normalized spacial score (nSPS) is 20.2. The molecule has 2 aromatic carbocycles. The van der Waals surface area contributed by atoms with Gasteiger partial charge in [0.1, 0.15) is 5.82 Å². The maximum atomic E-state index is 13.4. The molecule has 0 aromatic heterocycles. The van der Waals surface area contributed by atoms with Crippen molar-refractivity contribution in [2.75, 3.05) is 19.6 Å². The number of β-amino-alcohol motifs (C(OH)–C–C–N with tert-alkyl or cyclic N) is 1. The molecule has 4 nitrogen and oxygen atoms in total. The smallest absolute Gasteiger partial charge is 0.221 e. The predicted molar refractivity (Wildman–Crippen MR) is 89.7 cm³/mol. The molecule has 126 valence electrons. The molecule has 0 saturated carbocycles. The van der Waals surface area contributed by atoms with Crippen molar-refractivity contribution in [2.24, 2.45) is 0 Å². The first-order chi connectivity index (χ1) is 11.6. The van der Waals surface area contributed by atoms with Crippen molar-refractivity contribution in [3.8, 4) is 0 Å². The molecule has 1 amide bonds. The summed E-state index contributed by atoms with van der Waals surface area (Å²) in [5.74, 6) is -0.356. The highest BCUT2D eigenvalue weighted by molar-refractivity contribution is 5.77. The van der Waals surface area contributed by atoms with Gasteiger partial charge in [-0.2, -0.15) is 0 Å². The van der Waals surface area contributed by atoms with E-state index in [-0.39, 0.29) is 17.8 Å². The summed E-state index contributed by atoms with van der Waals surface area (Å²) >= 11 is 0. The van der Waals surface area contributed by atoms with Crippen molar-refractivity contribution >= 4 is 5.91 Å². The first-order valence-electron chi connectivity index (χ1n) is 8.12. The van der Waals surface area contributed by atoms with Crippen molar-refractivity contribution in [3.05, 3.63) is 71.5 Å². The Kier molecular flexibility index (Phi) is 5.23. The van der Waals surface area contributed by atoms with E-state index in [2.05, 4.69) is 10.2 Å². The van der Waals surface area contributed by atoms with Crippen LogP contribution in [-0.2, 0) is 4.79 Å². The fourth-order valence-electron chi connectivity index (χ4n) is 3.14. The van der Waals surface area contributed by atoms with E-state index in [1.54, 1.807) is 12.1 Å². The van der Waals surface area contributed by atoms with Gasteiger partial charge in [-0.05, 0) is 23.3 Å². The van der Waals surface area contributed by atoms with Gasteiger partial charge in [-0.1, -0.05) is 42.5 Å². The van der Waals surface area contributed by atoms with Crippen LogP contribution in [0.3, 0.4) is 0 Å². The van der Waals surface area contributed by atoms with Gasteiger partial charge in [0.05, 0.1) is 6.10 Å². The van der Waals surface area contributed by atoms with Gasteiger partial charge in [-0.25, -0.2) is 4.39 Å². The van der Waals surface area contributed by atoms with Crippen molar-refractivity contribution in [3.63, 3.8) is 0 Å². The van der Waals surface area contributed by atoms with Crippen molar-refractivity contribution in [1.29, 1.82) is 0 Å². The summed E-state index contributed by atoms with van der Waals surface area (Å²) in [5.41, 5.74) is 1.59. The van der Waals surface area contributed by atoms with Gasteiger partial charge in [-0.3, -0.25) is 9.69 Å². The Morgan fingerprint density at radius 2 is 2.00 bits per heavy atom. The lowest BCUT2D eigenvalue weighted by atomic mass is 10.0. The maximum absolute atomic E-state index is 13.4. The lowest BCUT2D eigenvalue weighted by Crippen LogP contribution is -2.34. The minimum Gasteiger partial charge on any atom is -0.387 e. The third kappa shape index (κ3) is 3.99. The molecule has 0 unspecified atom stereocenters. The van der Waals surface area contributed by atoms with Crippen LogP contribution >= 0.6 is 0 Å². The lowest BCUT2D eigenvalue weighted by Gasteiger charge is -2.31. The Hall–Kier alpha value is -2.24. The van der Waals surface area contributed by atoms with Crippen LogP contribution < -0.4 is 5.32 Å². The molecule has 1 aliphatic rings. The number of carbonyl (C=O) groups is 1. The molecule has 0 bridgehead atoms. The lowest BCUT2D eigenvalue weighted by molar-refractivity contribution is -0.121. The van der Waals surface area contributed by atoms with Crippen LogP contribution in [0.5, 0.6) is 0 Å². The number of aliphatic hydroxyl groups is 1. The highest BCUT2D eigenvalue weighted by atomic mass is 19.1. The zero-order valence-electron chi connectivity index (χ0n) is 13.4. The number of aliphatic hydroxyl groups excluding tert-OH is 1. The van der Waals surface area contributed by atoms with Gasteiger partial charge in [0.15, 0.2) is 0 Å². The number of benzene rings is 2. The zero-order valence-corrected chi connectivity index (χ0v) is 13.4. The number of nitrogens with one attached hydrogen (secondary N) is 1. The van der Waals surface area contributed by atoms with Crippen LogP contribution in [0.25, 0.3) is 0 Å². The molecule has 24 heavy (non-hydrogen) atoms. The highest BCUT2D eigenvalue weighted by Gasteiger charge is 2.28. The molecular weight excluding hydrogens is 307 g/mol.